The molecule has 0 fully saturated rings. The van der Waals surface area contributed by atoms with Crippen LogP contribution >= 0.6 is 46.0 Å². The number of benzene rings is 1. The van der Waals surface area contributed by atoms with Crippen LogP contribution in [0.5, 0.6) is 0 Å². The van der Waals surface area contributed by atoms with Gasteiger partial charge < -0.3 is 0 Å². The van der Waals surface area contributed by atoms with Crippen LogP contribution in [0.1, 0.15) is 15.3 Å². The molecule has 3 aromatic rings. The van der Waals surface area contributed by atoms with Crippen LogP contribution in [0.4, 0.5) is 0 Å². The van der Waals surface area contributed by atoms with Crippen LogP contribution < -0.4 is 0 Å². The van der Waals surface area contributed by atoms with E-state index in [1.807, 2.05) is 6.07 Å². The van der Waals surface area contributed by atoms with Gasteiger partial charge in [-0.2, -0.15) is 0 Å². The van der Waals surface area contributed by atoms with Crippen LogP contribution in [0.15, 0.2) is 77.5 Å². The van der Waals surface area contributed by atoms with Crippen molar-refractivity contribution in [2.24, 2.45) is 0 Å². The molecule has 0 amide bonds. The van der Waals surface area contributed by atoms with Gasteiger partial charge in [0.2, 0.25) is 0 Å². The lowest BCUT2D eigenvalue weighted by atomic mass is 10.0. The molecule has 2 aromatic heterocycles. The van der Waals surface area contributed by atoms with E-state index in [-0.39, 0.29) is 0 Å². The van der Waals surface area contributed by atoms with E-state index < -0.39 is 4.21 Å². The van der Waals surface area contributed by atoms with Crippen LogP contribution in [-0.2, 0) is 4.21 Å². The van der Waals surface area contributed by atoms with Crippen LogP contribution in [0.25, 0.3) is 10.5 Å². The van der Waals surface area contributed by atoms with Gasteiger partial charge in [-0.15, -0.1) is 22.7 Å². The van der Waals surface area contributed by atoms with Gasteiger partial charge in [-0.25, -0.2) is 0 Å². The van der Waals surface area contributed by atoms with Crippen molar-refractivity contribution in [3.8, 4) is 0 Å². The molecule has 3 heterocycles. The summed E-state index contributed by atoms with van der Waals surface area (Å²) >= 11 is 12.2. The first-order valence-electron chi connectivity index (χ1n) is 7.20. The summed E-state index contributed by atoms with van der Waals surface area (Å²) in [5.41, 5.74) is 2.37. The molecule has 0 N–H and O–H groups in total. The van der Waals surface area contributed by atoms with Gasteiger partial charge in [0.25, 0.3) is 0 Å². The van der Waals surface area contributed by atoms with Gasteiger partial charge in [0.15, 0.2) is 0 Å². The number of thiophene rings is 2. The zero-order chi connectivity index (χ0) is 15.7. The van der Waals surface area contributed by atoms with E-state index >= 15 is 0 Å². The number of alkyl halides is 1. The summed E-state index contributed by atoms with van der Waals surface area (Å²) in [7, 11) is 0. The second-order valence-corrected chi connectivity index (χ2v) is 9.18. The minimum atomic E-state index is -0.548. The maximum absolute atomic E-state index is 7.06. The van der Waals surface area contributed by atoms with Crippen LogP contribution in [0.3, 0.4) is 0 Å². The van der Waals surface area contributed by atoms with Gasteiger partial charge in [0, 0.05) is 14.7 Å². The topological polar surface area (TPSA) is 0 Å². The van der Waals surface area contributed by atoms with Crippen molar-refractivity contribution in [2.45, 2.75) is 4.21 Å². The Bertz CT molecular complexity index is 845. The normalized spacial score (nSPS) is 20.9. The molecule has 1 aliphatic rings. The average Bonchev–Trinajstić information content (AvgIpc) is 3.29. The molecule has 1 atom stereocenters. The molecule has 1 aliphatic heterocycles. The fourth-order valence-corrected chi connectivity index (χ4v) is 5.98. The van der Waals surface area contributed by atoms with Gasteiger partial charge >= 0.3 is 0 Å². The van der Waals surface area contributed by atoms with Gasteiger partial charge in [0.1, 0.15) is 4.21 Å². The third kappa shape index (κ3) is 3.07. The highest BCUT2D eigenvalue weighted by atomic mass is 35.5. The number of rotatable bonds is 3. The first-order chi connectivity index (χ1) is 11.2. The largest absolute Gasteiger partial charge is 0.147 e. The SMILES string of the molecule is ClC1(c2cccs2)C=C(c2ccccc2)C=C(c2cccs2)S1. The maximum atomic E-state index is 7.06. The van der Waals surface area contributed by atoms with Crippen molar-refractivity contribution >= 4 is 56.5 Å². The molecule has 1 aromatic carbocycles. The Balaban J connectivity index is 1.85. The van der Waals surface area contributed by atoms with Gasteiger partial charge in [-0.1, -0.05) is 65.8 Å². The second-order valence-electron chi connectivity index (χ2n) is 5.18. The predicted octanol–water partition coefficient (Wildman–Crippen LogP) is 7.07. The summed E-state index contributed by atoms with van der Waals surface area (Å²) in [6.45, 7) is 0. The molecule has 0 saturated heterocycles. The summed E-state index contributed by atoms with van der Waals surface area (Å²) in [4.78, 5) is 3.66. The van der Waals surface area contributed by atoms with E-state index in [0.717, 1.165) is 0 Å². The monoisotopic (exact) mass is 372 g/mol. The highest BCUT2D eigenvalue weighted by molar-refractivity contribution is 8.10. The summed E-state index contributed by atoms with van der Waals surface area (Å²) in [5.74, 6) is 0. The minimum Gasteiger partial charge on any atom is -0.146 e. The average molecular weight is 373 g/mol. The van der Waals surface area contributed by atoms with Crippen LogP contribution in [0, 0.1) is 0 Å². The highest BCUT2D eigenvalue weighted by Gasteiger charge is 2.34. The molecule has 0 spiro atoms. The van der Waals surface area contributed by atoms with Gasteiger partial charge in [-0.3, -0.25) is 0 Å². The molecule has 114 valence electrons. The number of hydrogen-bond acceptors (Lipinski definition) is 3. The molecule has 0 bridgehead atoms. The second kappa shape index (κ2) is 6.33. The molecular formula is C19H13ClS3. The predicted molar refractivity (Wildman–Crippen MR) is 106 cm³/mol. The lowest BCUT2D eigenvalue weighted by molar-refractivity contribution is 1.17. The smallest absolute Gasteiger partial charge is 0.146 e. The van der Waals surface area contributed by atoms with E-state index in [1.54, 1.807) is 34.4 Å². The summed E-state index contributed by atoms with van der Waals surface area (Å²) in [5, 5.41) is 4.19. The Morgan fingerprint density at radius 3 is 2.30 bits per heavy atom. The Hall–Kier alpha value is -1.26. The van der Waals surface area contributed by atoms with E-state index in [0.29, 0.717) is 0 Å². The zero-order valence-electron chi connectivity index (χ0n) is 12.1. The van der Waals surface area contributed by atoms with E-state index in [1.165, 1.54) is 25.8 Å². The first kappa shape index (κ1) is 15.3. The molecule has 4 heteroatoms. The Morgan fingerprint density at radius 1 is 0.826 bits per heavy atom. The molecule has 23 heavy (non-hydrogen) atoms. The summed E-state index contributed by atoms with van der Waals surface area (Å²) in [6, 6.07) is 18.9. The third-order valence-corrected chi connectivity index (χ3v) is 7.63. The van der Waals surface area contributed by atoms with Crippen molar-refractivity contribution in [1.29, 1.82) is 0 Å². The fourth-order valence-electron chi connectivity index (χ4n) is 2.53. The number of allylic oxidation sites excluding steroid dienone is 2. The quantitative estimate of drug-likeness (QED) is 0.443. The molecular weight excluding hydrogens is 360 g/mol. The zero-order valence-corrected chi connectivity index (χ0v) is 15.3. The maximum Gasteiger partial charge on any atom is 0.147 e. The highest BCUT2D eigenvalue weighted by Crippen LogP contribution is 2.55. The lowest BCUT2D eigenvalue weighted by Gasteiger charge is -2.28. The van der Waals surface area contributed by atoms with Gasteiger partial charge in [0.05, 0.1) is 0 Å². The van der Waals surface area contributed by atoms with Crippen molar-refractivity contribution in [2.75, 3.05) is 0 Å². The molecule has 0 nitrogen and oxygen atoms in total. The van der Waals surface area contributed by atoms with Crippen molar-refractivity contribution in [3.63, 3.8) is 0 Å². The van der Waals surface area contributed by atoms with Crippen molar-refractivity contribution in [1.82, 2.24) is 0 Å². The van der Waals surface area contributed by atoms with Crippen molar-refractivity contribution in [3.05, 3.63) is 92.8 Å². The van der Waals surface area contributed by atoms with Crippen molar-refractivity contribution < 1.29 is 0 Å². The van der Waals surface area contributed by atoms with Crippen LogP contribution in [-0.4, -0.2) is 0 Å². The van der Waals surface area contributed by atoms with E-state index in [2.05, 4.69) is 71.4 Å². The molecule has 0 aliphatic carbocycles. The molecule has 0 saturated carbocycles. The number of halogens is 1. The number of hydrogen-bond donors (Lipinski definition) is 0. The molecule has 0 radical (unpaired) electrons. The first-order valence-corrected chi connectivity index (χ1v) is 10.2. The fraction of sp³-hybridized carbons (Fsp3) is 0.0526. The summed E-state index contributed by atoms with van der Waals surface area (Å²) in [6.07, 6.45) is 4.43. The third-order valence-electron chi connectivity index (χ3n) is 3.61. The molecule has 1 unspecified atom stereocenters. The summed E-state index contributed by atoms with van der Waals surface area (Å²) < 4.78 is -0.548. The lowest BCUT2D eigenvalue weighted by Crippen LogP contribution is -2.12. The Morgan fingerprint density at radius 2 is 1.61 bits per heavy atom. The van der Waals surface area contributed by atoms with E-state index in [9.17, 15) is 0 Å². The standard InChI is InChI=1S/C19H13ClS3/c20-19(18-9-5-11-22-18)13-15(14-6-2-1-3-7-14)12-17(23-19)16-8-4-10-21-16/h1-13H. The van der Waals surface area contributed by atoms with Gasteiger partial charge in [-0.05, 0) is 46.2 Å². The van der Waals surface area contributed by atoms with E-state index in [4.69, 9.17) is 11.6 Å². The Kier molecular flexibility index (Phi) is 4.20. The minimum absolute atomic E-state index is 0.548. The Labute approximate surface area is 153 Å². The molecule has 4 rings (SSSR count). The van der Waals surface area contributed by atoms with Crippen LogP contribution in [0.2, 0.25) is 0 Å². The number of thioether (sulfide) groups is 1.